The summed E-state index contributed by atoms with van der Waals surface area (Å²) in [5.74, 6) is 1.25. The van der Waals surface area contributed by atoms with Crippen molar-refractivity contribution in [3.05, 3.63) is 28.7 Å². The fourth-order valence-electron chi connectivity index (χ4n) is 2.50. The predicted octanol–water partition coefficient (Wildman–Crippen LogP) is 3.94. The molecule has 20 heavy (non-hydrogen) atoms. The molecule has 0 heterocycles. The van der Waals surface area contributed by atoms with Gasteiger partial charge in [-0.1, -0.05) is 22.0 Å². The molecule has 1 unspecified atom stereocenters. The molecule has 1 aliphatic carbocycles. The third-order valence-electron chi connectivity index (χ3n) is 3.57. The van der Waals surface area contributed by atoms with Gasteiger partial charge in [0.2, 0.25) is 0 Å². The molecule has 1 atom stereocenters. The second kappa shape index (κ2) is 7.58. The number of Topliss-reactive ketones (excluding diaryl/α,β-unsaturated/α-hetero) is 2. The van der Waals surface area contributed by atoms with Crippen LogP contribution in [0.5, 0.6) is 5.75 Å². The summed E-state index contributed by atoms with van der Waals surface area (Å²) in [7, 11) is 0. The Morgan fingerprint density at radius 3 is 2.95 bits per heavy atom. The standard InChI is InChI=1S/C16H19BrO3/c17-13-5-2-7-15(11-13)20-9-3-6-14(18)10-12-4-1-8-16(12)19/h2,5,7,11-12H,1,3-4,6,8-10H2. The Morgan fingerprint density at radius 2 is 2.25 bits per heavy atom. The van der Waals surface area contributed by atoms with E-state index < -0.39 is 0 Å². The summed E-state index contributed by atoms with van der Waals surface area (Å²) in [5.41, 5.74) is 0. The lowest BCUT2D eigenvalue weighted by Crippen LogP contribution is -2.13. The van der Waals surface area contributed by atoms with Gasteiger partial charge in [0.15, 0.2) is 0 Å². The lowest BCUT2D eigenvalue weighted by molar-refractivity contribution is -0.126. The van der Waals surface area contributed by atoms with Crippen molar-refractivity contribution in [2.24, 2.45) is 5.92 Å². The summed E-state index contributed by atoms with van der Waals surface area (Å²) in [6, 6.07) is 7.65. The van der Waals surface area contributed by atoms with Gasteiger partial charge in [0.25, 0.3) is 0 Å². The minimum absolute atomic E-state index is 0.00602. The van der Waals surface area contributed by atoms with Gasteiger partial charge in [-0.25, -0.2) is 0 Å². The monoisotopic (exact) mass is 338 g/mol. The molecule has 0 bridgehead atoms. The minimum Gasteiger partial charge on any atom is -0.494 e. The zero-order valence-electron chi connectivity index (χ0n) is 11.4. The van der Waals surface area contributed by atoms with E-state index in [0.717, 1.165) is 23.1 Å². The molecule has 108 valence electrons. The van der Waals surface area contributed by atoms with Gasteiger partial charge in [0.05, 0.1) is 6.61 Å². The number of carbonyl (C=O) groups excluding carboxylic acids is 2. The Balaban J connectivity index is 1.63. The number of halogens is 1. The Kier molecular flexibility index (Phi) is 5.77. The zero-order valence-corrected chi connectivity index (χ0v) is 13.0. The maximum Gasteiger partial charge on any atom is 0.136 e. The molecule has 0 N–H and O–H groups in total. The third kappa shape index (κ3) is 4.75. The van der Waals surface area contributed by atoms with Crippen molar-refractivity contribution < 1.29 is 14.3 Å². The third-order valence-corrected chi connectivity index (χ3v) is 4.06. The van der Waals surface area contributed by atoms with Crippen molar-refractivity contribution in [2.45, 2.75) is 38.5 Å². The normalized spacial score (nSPS) is 18.2. The first-order valence-corrected chi connectivity index (χ1v) is 7.87. The number of rotatable bonds is 7. The van der Waals surface area contributed by atoms with Crippen LogP contribution in [-0.2, 0) is 9.59 Å². The highest BCUT2D eigenvalue weighted by molar-refractivity contribution is 9.10. The van der Waals surface area contributed by atoms with Gasteiger partial charge in [-0.3, -0.25) is 9.59 Å². The molecule has 0 spiro atoms. The van der Waals surface area contributed by atoms with E-state index in [-0.39, 0.29) is 17.5 Å². The summed E-state index contributed by atoms with van der Waals surface area (Å²) >= 11 is 3.38. The van der Waals surface area contributed by atoms with E-state index in [1.54, 1.807) is 0 Å². The van der Waals surface area contributed by atoms with E-state index in [1.807, 2.05) is 24.3 Å². The highest BCUT2D eigenvalue weighted by Crippen LogP contribution is 2.25. The molecule has 0 radical (unpaired) electrons. The van der Waals surface area contributed by atoms with Crippen LogP contribution >= 0.6 is 15.9 Å². The van der Waals surface area contributed by atoms with Crippen LogP contribution in [0.3, 0.4) is 0 Å². The van der Waals surface area contributed by atoms with Gasteiger partial charge in [0.1, 0.15) is 17.3 Å². The first kappa shape index (κ1) is 15.2. The predicted molar refractivity (Wildman–Crippen MR) is 80.8 cm³/mol. The summed E-state index contributed by atoms with van der Waals surface area (Å²) in [6.45, 7) is 0.529. The van der Waals surface area contributed by atoms with E-state index in [9.17, 15) is 9.59 Å². The van der Waals surface area contributed by atoms with Crippen molar-refractivity contribution in [1.82, 2.24) is 0 Å². The van der Waals surface area contributed by atoms with E-state index in [0.29, 0.717) is 32.3 Å². The van der Waals surface area contributed by atoms with Crippen LogP contribution < -0.4 is 4.74 Å². The Hall–Kier alpha value is -1.16. The number of carbonyl (C=O) groups is 2. The maximum atomic E-state index is 11.8. The van der Waals surface area contributed by atoms with Crippen molar-refractivity contribution in [3.8, 4) is 5.75 Å². The van der Waals surface area contributed by atoms with Gasteiger partial charge >= 0.3 is 0 Å². The van der Waals surface area contributed by atoms with Gasteiger partial charge in [-0.05, 0) is 37.5 Å². The second-order valence-corrected chi connectivity index (χ2v) is 6.12. The van der Waals surface area contributed by atoms with Crippen LogP contribution in [0.2, 0.25) is 0 Å². The Labute approximate surface area is 127 Å². The highest BCUT2D eigenvalue weighted by atomic mass is 79.9. The molecule has 0 aliphatic heterocycles. The molecule has 2 rings (SSSR count). The first-order valence-electron chi connectivity index (χ1n) is 7.08. The molecule has 1 aromatic rings. The molecule has 0 saturated heterocycles. The van der Waals surface area contributed by atoms with Crippen molar-refractivity contribution in [1.29, 1.82) is 0 Å². The average Bonchev–Trinajstić information content (AvgIpc) is 2.80. The van der Waals surface area contributed by atoms with Crippen LogP contribution in [0.25, 0.3) is 0 Å². The van der Waals surface area contributed by atoms with Crippen LogP contribution in [0, 0.1) is 5.92 Å². The summed E-state index contributed by atoms with van der Waals surface area (Å²) in [4.78, 5) is 23.3. The van der Waals surface area contributed by atoms with Crippen molar-refractivity contribution in [2.75, 3.05) is 6.61 Å². The molecule has 1 fully saturated rings. The van der Waals surface area contributed by atoms with Crippen molar-refractivity contribution in [3.63, 3.8) is 0 Å². The smallest absolute Gasteiger partial charge is 0.136 e. The fraction of sp³-hybridized carbons (Fsp3) is 0.500. The van der Waals surface area contributed by atoms with Gasteiger partial charge in [-0.2, -0.15) is 0 Å². The van der Waals surface area contributed by atoms with Gasteiger partial charge in [0, 0.05) is 29.7 Å². The molecule has 1 saturated carbocycles. The number of ether oxygens (including phenoxy) is 1. The number of hydrogen-bond donors (Lipinski definition) is 0. The van der Waals surface area contributed by atoms with Crippen molar-refractivity contribution >= 4 is 27.5 Å². The maximum absolute atomic E-state index is 11.8. The second-order valence-electron chi connectivity index (χ2n) is 5.21. The number of ketones is 2. The fourth-order valence-corrected chi connectivity index (χ4v) is 2.87. The minimum atomic E-state index is -0.00602. The first-order chi connectivity index (χ1) is 9.65. The lowest BCUT2D eigenvalue weighted by Gasteiger charge is -2.08. The average molecular weight is 339 g/mol. The molecular weight excluding hydrogens is 320 g/mol. The molecule has 0 aromatic heterocycles. The zero-order chi connectivity index (χ0) is 14.4. The Morgan fingerprint density at radius 1 is 1.40 bits per heavy atom. The SMILES string of the molecule is O=C(CCCOc1cccc(Br)c1)CC1CCCC1=O. The topological polar surface area (TPSA) is 43.4 Å². The quantitative estimate of drug-likeness (QED) is 0.707. The van der Waals surface area contributed by atoms with E-state index >= 15 is 0 Å². The molecule has 3 nitrogen and oxygen atoms in total. The van der Waals surface area contributed by atoms with E-state index in [2.05, 4.69) is 15.9 Å². The molecule has 0 amide bonds. The van der Waals surface area contributed by atoms with Crippen LogP contribution in [0.1, 0.15) is 38.5 Å². The molecule has 1 aromatic carbocycles. The van der Waals surface area contributed by atoms with Gasteiger partial charge in [-0.15, -0.1) is 0 Å². The summed E-state index contributed by atoms with van der Waals surface area (Å²) < 4.78 is 6.56. The number of benzene rings is 1. The van der Waals surface area contributed by atoms with Crippen LogP contribution in [0.15, 0.2) is 28.7 Å². The number of hydrogen-bond acceptors (Lipinski definition) is 3. The highest BCUT2D eigenvalue weighted by Gasteiger charge is 2.26. The summed E-state index contributed by atoms with van der Waals surface area (Å²) in [5, 5.41) is 0. The van der Waals surface area contributed by atoms with Crippen LogP contribution in [-0.4, -0.2) is 18.2 Å². The van der Waals surface area contributed by atoms with E-state index in [1.165, 1.54) is 0 Å². The summed E-state index contributed by atoms with van der Waals surface area (Å²) in [6.07, 6.45) is 4.12. The lowest BCUT2D eigenvalue weighted by atomic mass is 9.98. The largest absolute Gasteiger partial charge is 0.494 e. The molecule has 1 aliphatic rings. The van der Waals surface area contributed by atoms with Crippen LogP contribution in [0.4, 0.5) is 0 Å². The Bertz CT molecular complexity index is 484. The molecule has 4 heteroatoms. The molecular formula is C16H19BrO3. The van der Waals surface area contributed by atoms with Gasteiger partial charge < -0.3 is 4.74 Å². The van der Waals surface area contributed by atoms with E-state index in [4.69, 9.17) is 4.74 Å².